The van der Waals surface area contributed by atoms with Gasteiger partial charge < -0.3 is 10.6 Å². The molecular weight excluding hydrogens is 460 g/mol. The third-order valence-corrected chi connectivity index (χ3v) is 9.40. The van der Waals surface area contributed by atoms with Crippen LogP contribution in [0.2, 0.25) is 5.02 Å². The summed E-state index contributed by atoms with van der Waals surface area (Å²) in [6.45, 7) is 7.43. The zero-order valence-corrected chi connectivity index (χ0v) is 21.5. The Hall–Kier alpha value is -1.19. The Bertz CT molecular complexity index is 866. The molecular formula is C24H39ClN4O3S. The molecule has 1 heterocycles. The van der Waals surface area contributed by atoms with Gasteiger partial charge in [0, 0.05) is 50.3 Å². The number of nitrogens with two attached hydrogens (primary N) is 1. The molecule has 0 bridgehead atoms. The number of piperazine rings is 1. The molecule has 1 aromatic rings. The van der Waals surface area contributed by atoms with Crippen LogP contribution in [0.5, 0.6) is 0 Å². The summed E-state index contributed by atoms with van der Waals surface area (Å²) in [5.74, 6) is 0.623. The molecule has 0 aromatic heterocycles. The lowest BCUT2D eigenvalue weighted by Crippen LogP contribution is -2.58. The molecule has 1 saturated heterocycles. The van der Waals surface area contributed by atoms with Crippen molar-refractivity contribution in [1.82, 2.24) is 14.1 Å². The minimum atomic E-state index is -3.22. The first-order valence-corrected chi connectivity index (χ1v) is 14.2. The van der Waals surface area contributed by atoms with E-state index in [1.807, 2.05) is 36.1 Å². The van der Waals surface area contributed by atoms with Gasteiger partial charge in [-0.2, -0.15) is 0 Å². The van der Waals surface area contributed by atoms with Gasteiger partial charge in [0.25, 0.3) is 0 Å². The van der Waals surface area contributed by atoms with Crippen molar-refractivity contribution in [2.24, 2.45) is 11.7 Å². The van der Waals surface area contributed by atoms with Crippen molar-refractivity contribution in [3.05, 3.63) is 34.9 Å². The summed E-state index contributed by atoms with van der Waals surface area (Å²) < 4.78 is 26.8. The van der Waals surface area contributed by atoms with Gasteiger partial charge in [0.05, 0.1) is 11.8 Å². The van der Waals surface area contributed by atoms with Crippen molar-refractivity contribution in [3.63, 3.8) is 0 Å². The second kappa shape index (κ2) is 12.0. The summed E-state index contributed by atoms with van der Waals surface area (Å²) in [7, 11) is -3.22. The molecule has 2 fully saturated rings. The average molecular weight is 499 g/mol. The summed E-state index contributed by atoms with van der Waals surface area (Å²) >= 11 is 5.95. The number of hydrogen-bond acceptors (Lipinski definition) is 5. The number of carbonyl (C=O) groups is 1. The molecule has 1 saturated carbocycles. The van der Waals surface area contributed by atoms with Gasteiger partial charge in [0.15, 0.2) is 0 Å². The molecule has 0 spiro atoms. The van der Waals surface area contributed by atoms with Gasteiger partial charge in [0.2, 0.25) is 15.9 Å². The molecule has 2 atom stereocenters. The number of rotatable bonds is 10. The van der Waals surface area contributed by atoms with E-state index in [4.69, 9.17) is 17.3 Å². The van der Waals surface area contributed by atoms with E-state index in [0.29, 0.717) is 43.5 Å². The number of carbonyl (C=O) groups excluding carboxylic acids is 1. The molecule has 9 heteroatoms. The van der Waals surface area contributed by atoms with Crippen LogP contribution in [0.1, 0.15) is 45.1 Å². The summed E-state index contributed by atoms with van der Waals surface area (Å²) in [5, 5.41) is 0.667. The standard InChI is InChI=1S/C24H39ClN4O3S/c1-3-29(33(31,32)4-2)18-23(20-7-5-6-8-20)27-13-15-28(16-14-27)24(30)22(26)17-19-9-11-21(25)12-10-19/h9-12,20,22-23H,3-8,13-18,26H2,1-2H3. The Morgan fingerprint density at radius 1 is 1.12 bits per heavy atom. The Balaban J connectivity index is 1.60. The molecule has 33 heavy (non-hydrogen) atoms. The first-order valence-electron chi connectivity index (χ1n) is 12.3. The zero-order valence-electron chi connectivity index (χ0n) is 20.0. The van der Waals surface area contributed by atoms with Gasteiger partial charge >= 0.3 is 0 Å². The molecule has 1 aliphatic heterocycles. The van der Waals surface area contributed by atoms with Gasteiger partial charge in [-0.1, -0.05) is 43.5 Å². The number of halogens is 1. The number of hydrogen-bond donors (Lipinski definition) is 1. The van der Waals surface area contributed by atoms with Crippen LogP contribution in [0, 0.1) is 5.92 Å². The van der Waals surface area contributed by atoms with Crippen LogP contribution in [0.15, 0.2) is 24.3 Å². The molecule has 0 radical (unpaired) electrons. The number of sulfonamides is 1. The van der Waals surface area contributed by atoms with E-state index in [0.717, 1.165) is 31.5 Å². The second-order valence-electron chi connectivity index (χ2n) is 9.26. The fourth-order valence-electron chi connectivity index (χ4n) is 5.21. The van der Waals surface area contributed by atoms with Crippen LogP contribution in [-0.2, 0) is 21.2 Å². The normalized spacial score (nSPS) is 20.3. The molecule has 186 valence electrons. The van der Waals surface area contributed by atoms with Crippen molar-refractivity contribution in [2.45, 2.75) is 58.0 Å². The maximum Gasteiger partial charge on any atom is 0.239 e. The van der Waals surface area contributed by atoms with E-state index in [2.05, 4.69) is 4.90 Å². The van der Waals surface area contributed by atoms with Crippen LogP contribution in [-0.4, -0.2) is 85.5 Å². The van der Waals surface area contributed by atoms with Crippen molar-refractivity contribution in [3.8, 4) is 0 Å². The van der Waals surface area contributed by atoms with E-state index in [-0.39, 0.29) is 17.7 Å². The Morgan fingerprint density at radius 2 is 1.73 bits per heavy atom. The van der Waals surface area contributed by atoms with Crippen molar-refractivity contribution >= 4 is 27.5 Å². The molecule has 1 amide bonds. The quantitative estimate of drug-likeness (QED) is 0.535. The predicted molar refractivity (Wildman–Crippen MR) is 134 cm³/mol. The monoisotopic (exact) mass is 498 g/mol. The van der Waals surface area contributed by atoms with Crippen molar-refractivity contribution in [2.75, 3.05) is 45.0 Å². The fourth-order valence-corrected chi connectivity index (χ4v) is 6.47. The number of amides is 1. The van der Waals surface area contributed by atoms with E-state index in [1.165, 1.54) is 12.8 Å². The number of nitrogens with zero attached hydrogens (tertiary/aromatic N) is 3. The van der Waals surface area contributed by atoms with Crippen LogP contribution in [0.3, 0.4) is 0 Å². The summed E-state index contributed by atoms with van der Waals surface area (Å²) in [4.78, 5) is 17.2. The van der Waals surface area contributed by atoms with E-state index >= 15 is 0 Å². The van der Waals surface area contributed by atoms with Gasteiger partial charge in [-0.05, 0) is 49.8 Å². The predicted octanol–water partition coefficient (Wildman–Crippen LogP) is 2.58. The summed E-state index contributed by atoms with van der Waals surface area (Å²) in [6.07, 6.45) is 5.22. The summed E-state index contributed by atoms with van der Waals surface area (Å²) in [5.41, 5.74) is 7.25. The van der Waals surface area contributed by atoms with E-state index < -0.39 is 16.1 Å². The molecule has 2 N–H and O–H groups in total. The maximum atomic E-state index is 13.0. The van der Waals surface area contributed by atoms with E-state index in [9.17, 15) is 13.2 Å². The van der Waals surface area contributed by atoms with Crippen LogP contribution in [0.4, 0.5) is 0 Å². The molecule has 3 rings (SSSR count). The maximum absolute atomic E-state index is 13.0. The topological polar surface area (TPSA) is 86.9 Å². The van der Waals surface area contributed by atoms with E-state index in [1.54, 1.807) is 11.2 Å². The highest BCUT2D eigenvalue weighted by Gasteiger charge is 2.36. The minimum Gasteiger partial charge on any atom is -0.339 e. The first kappa shape index (κ1) is 26.4. The van der Waals surface area contributed by atoms with Crippen LogP contribution >= 0.6 is 11.6 Å². The van der Waals surface area contributed by atoms with Gasteiger partial charge in [0.1, 0.15) is 0 Å². The highest BCUT2D eigenvalue weighted by atomic mass is 35.5. The third kappa shape index (κ3) is 6.92. The fraction of sp³-hybridized carbons (Fsp3) is 0.708. The number of benzene rings is 1. The lowest BCUT2D eigenvalue weighted by Gasteiger charge is -2.43. The second-order valence-corrected chi connectivity index (χ2v) is 12.0. The number of likely N-dealkylation sites (N-methyl/N-ethyl adjacent to an activating group) is 1. The van der Waals surface area contributed by atoms with Crippen molar-refractivity contribution in [1.29, 1.82) is 0 Å². The lowest BCUT2D eigenvalue weighted by molar-refractivity contribution is -0.134. The molecule has 7 nitrogen and oxygen atoms in total. The average Bonchev–Trinajstić information content (AvgIpc) is 3.35. The Kier molecular flexibility index (Phi) is 9.59. The third-order valence-electron chi connectivity index (χ3n) is 7.23. The highest BCUT2D eigenvalue weighted by Crippen LogP contribution is 2.32. The lowest BCUT2D eigenvalue weighted by atomic mass is 9.95. The minimum absolute atomic E-state index is 0.0224. The first-order chi connectivity index (χ1) is 15.7. The highest BCUT2D eigenvalue weighted by molar-refractivity contribution is 7.89. The Morgan fingerprint density at radius 3 is 2.27 bits per heavy atom. The smallest absolute Gasteiger partial charge is 0.239 e. The van der Waals surface area contributed by atoms with Crippen LogP contribution in [0.25, 0.3) is 0 Å². The zero-order chi connectivity index (χ0) is 24.0. The molecule has 1 aliphatic carbocycles. The SMILES string of the molecule is CCN(CC(C1CCCC1)N1CCN(C(=O)C(N)Cc2ccc(Cl)cc2)CC1)S(=O)(=O)CC. The molecule has 2 aliphatic rings. The van der Waals surface area contributed by atoms with Gasteiger partial charge in [-0.25, -0.2) is 12.7 Å². The summed E-state index contributed by atoms with van der Waals surface area (Å²) in [6, 6.07) is 7.07. The van der Waals surface area contributed by atoms with Crippen LogP contribution < -0.4 is 5.73 Å². The Labute approximate surface area is 204 Å². The van der Waals surface area contributed by atoms with Gasteiger partial charge in [-0.15, -0.1) is 0 Å². The molecule has 2 unspecified atom stereocenters. The van der Waals surface area contributed by atoms with Gasteiger partial charge in [-0.3, -0.25) is 9.69 Å². The van der Waals surface area contributed by atoms with Crippen molar-refractivity contribution < 1.29 is 13.2 Å². The largest absolute Gasteiger partial charge is 0.339 e. The molecule has 1 aromatic carbocycles.